The molecular formula is C14H15Cl2N3O3. The van der Waals surface area contributed by atoms with E-state index in [1.807, 2.05) is 0 Å². The monoisotopic (exact) mass is 343 g/mol. The van der Waals surface area contributed by atoms with Gasteiger partial charge in [-0.3, -0.25) is 4.79 Å². The third kappa shape index (κ3) is 4.13. The van der Waals surface area contributed by atoms with Gasteiger partial charge in [-0.2, -0.15) is 0 Å². The summed E-state index contributed by atoms with van der Waals surface area (Å²) in [5.74, 6) is 0.280. The summed E-state index contributed by atoms with van der Waals surface area (Å²) < 4.78 is 6.97. The van der Waals surface area contributed by atoms with Crippen LogP contribution in [-0.4, -0.2) is 39.8 Å². The summed E-state index contributed by atoms with van der Waals surface area (Å²) in [6, 6.07) is 4.98. The number of carbonyl (C=O) groups is 1. The van der Waals surface area contributed by atoms with Crippen LogP contribution in [0.2, 0.25) is 10.0 Å². The van der Waals surface area contributed by atoms with Crippen molar-refractivity contribution in [3.05, 3.63) is 46.5 Å². The number of nitrogens with one attached hydrogen (secondary N) is 1. The molecule has 0 aliphatic carbocycles. The molecule has 0 unspecified atom stereocenters. The average Bonchev–Trinajstić information content (AvgIpc) is 2.92. The first-order valence-corrected chi connectivity index (χ1v) is 7.25. The molecule has 2 N–H and O–H groups in total. The lowest BCUT2D eigenvalue weighted by Gasteiger charge is -2.14. The zero-order chi connectivity index (χ0) is 16.1. The molecule has 0 saturated heterocycles. The van der Waals surface area contributed by atoms with Crippen LogP contribution < -0.4 is 10.1 Å². The van der Waals surface area contributed by atoms with Crippen molar-refractivity contribution >= 4 is 29.1 Å². The highest BCUT2D eigenvalue weighted by Crippen LogP contribution is 2.31. The Morgan fingerprint density at radius 2 is 2.27 bits per heavy atom. The van der Waals surface area contributed by atoms with Crippen LogP contribution in [0.5, 0.6) is 5.75 Å². The Balaban J connectivity index is 1.81. The van der Waals surface area contributed by atoms with E-state index in [1.54, 1.807) is 36.0 Å². The van der Waals surface area contributed by atoms with Crippen LogP contribution in [0.3, 0.4) is 0 Å². The van der Waals surface area contributed by atoms with E-state index in [1.165, 1.54) is 6.20 Å². The summed E-state index contributed by atoms with van der Waals surface area (Å²) in [5.41, 5.74) is 0. The molecule has 1 atom stereocenters. The fourth-order valence-corrected chi connectivity index (χ4v) is 2.06. The van der Waals surface area contributed by atoms with Crippen molar-refractivity contribution in [2.45, 2.75) is 6.10 Å². The molecule has 2 aromatic rings. The number of benzene rings is 1. The molecule has 22 heavy (non-hydrogen) atoms. The first-order valence-electron chi connectivity index (χ1n) is 6.49. The first-order chi connectivity index (χ1) is 10.5. The molecular weight excluding hydrogens is 329 g/mol. The minimum absolute atomic E-state index is 0.0269. The molecule has 0 bridgehead atoms. The van der Waals surface area contributed by atoms with Crippen LogP contribution in [0.15, 0.2) is 30.6 Å². The zero-order valence-electron chi connectivity index (χ0n) is 11.8. The third-order valence-corrected chi connectivity index (χ3v) is 3.67. The fraction of sp³-hybridized carbons (Fsp3) is 0.286. The number of nitrogens with zero attached hydrogens (tertiary/aromatic N) is 2. The molecule has 0 saturated carbocycles. The van der Waals surface area contributed by atoms with Crippen molar-refractivity contribution in [2.24, 2.45) is 7.05 Å². The van der Waals surface area contributed by atoms with Crippen LogP contribution in [0.25, 0.3) is 0 Å². The van der Waals surface area contributed by atoms with E-state index in [2.05, 4.69) is 10.3 Å². The van der Waals surface area contributed by atoms with E-state index in [4.69, 9.17) is 27.9 Å². The van der Waals surface area contributed by atoms with E-state index in [0.717, 1.165) is 0 Å². The number of hydrogen-bond acceptors (Lipinski definition) is 4. The second kappa shape index (κ2) is 7.49. The van der Waals surface area contributed by atoms with Gasteiger partial charge < -0.3 is 19.7 Å². The first kappa shape index (κ1) is 16.6. The molecule has 1 heterocycles. The van der Waals surface area contributed by atoms with Crippen molar-refractivity contribution < 1.29 is 14.6 Å². The lowest BCUT2D eigenvalue weighted by molar-refractivity contribution is 0.0833. The zero-order valence-corrected chi connectivity index (χ0v) is 13.3. The lowest BCUT2D eigenvalue weighted by Crippen LogP contribution is -2.36. The quantitative estimate of drug-likeness (QED) is 0.839. The fourth-order valence-electron chi connectivity index (χ4n) is 1.71. The largest absolute Gasteiger partial charge is 0.489 e. The smallest absolute Gasteiger partial charge is 0.287 e. The average molecular weight is 344 g/mol. The second-order valence-corrected chi connectivity index (χ2v) is 5.37. The van der Waals surface area contributed by atoms with Crippen molar-refractivity contribution in [3.8, 4) is 5.75 Å². The van der Waals surface area contributed by atoms with Gasteiger partial charge in [-0.1, -0.05) is 29.3 Å². The van der Waals surface area contributed by atoms with E-state index < -0.39 is 6.10 Å². The maximum atomic E-state index is 11.8. The SMILES string of the molecule is Cn1ccnc1C(=O)NC[C@H](O)COc1cccc(Cl)c1Cl. The molecule has 1 aromatic carbocycles. The molecule has 1 amide bonds. The predicted octanol–water partition coefficient (Wildman–Crippen LogP) is 1.90. The number of halogens is 2. The topological polar surface area (TPSA) is 76.4 Å². The highest BCUT2D eigenvalue weighted by atomic mass is 35.5. The van der Waals surface area contributed by atoms with Gasteiger partial charge in [-0.15, -0.1) is 0 Å². The van der Waals surface area contributed by atoms with Gasteiger partial charge in [0.2, 0.25) is 0 Å². The van der Waals surface area contributed by atoms with Gasteiger partial charge in [0.25, 0.3) is 5.91 Å². The highest BCUT2D eigenvalue weighted by Gasteiger charge is 2.14. The number of hydrogen-bond donors (Lipinski definition) is 2. The number of imidazole rings is 1. The summed E-state index contributed by atoms with van der Waals surface area (Å²) in [7, 11) is 1.71. The summed E-state index contributed by atoms with van der Waals surface area (Å²) >= 11 is 11.8. The summed E-state index contributed by atoms with van der Waals surface area (Å²) in [6.45, 7) is 0.00475. The van der Waals surface area contributed by atoms with Gasteiger partial charge in [-0.05, 0) is 12.1 Å². The Kier molecular flexibility index (Phi) is 5.65. The van der Waals surface area contributed by atoms with Gasteiger partial charge in [0.05, 0.1) is 5.02 Å². The number of carbonyl (C=O) groups excluding carboxylic acids is 1. The third-order valence-electron chi connectivity index (χ3n) is 2.87. The number of amides is 1. The van der Waals surface area contributed by atoms with Crippen molar-refractivity contribution in [2.75, 3.05) is 13.2 Å². The van der Waals surface area contributed by atoms with E-state index >= 15 is 0 Å². The number of aryl methyl sites for hydroxylation is 1. The second-order valence-electron chi connectivity index (χ2n) is 4.59. The number of aliphatic hydroxyl groups is 1. The minimum Gasteiger partial charge on any atom is -0.489 e. The van der Waals surface area contributed by atoms with E-state index in [9.17, 15) is 9.90 Å². The van der Waals surface area contributed by atoms with Crippen molar-refractivity contribution in [1.82, 2.24) is 14.9 Å². The van der Waals surface area contributed by atoms with E-state index in [0.29, 0.717) is 10.8 Å². The molecule has 2 rings (SSSR count). The predicted molar refractivity (Wildman–Crippen MR) is 83.5 cm³/mol. The van der Waals surface area contributed by atoms with Crippen LogP contribution >= 0.6 is 23.2 Å². The summed E-state index contributed by atoms with van der Waals surface area (Å²) in [5, 5.41) is 13.1. The molecule has 0 aliphatic rings. The van der Waals surface area contributed by atoms with Gasteiger partial charge in [0, 0.05) is 26.0 Å². The number of aliphatic hydroxyl groups excluding tert-OH is 1. The maximum Gasteiger partial charge on any atom is 0.287 e. The molecule has 118 valence electrons. The maximum absolute atomic E-state index is 11.8. The van der Waals surface area contributed by atoms with Crippen LogP contribution in [-0.2, 0) is 7.05 Å². The van der Waals surface area contributed by atoms with Gasteiger partial charge in [-0.25, -0.2) is 4.98 Å². The van der Waals surface area contributed by atoms with Crippen molar-refractivity contribution in [1.29, 1.82) is 0 Å². The molecule has 0 aliphatic heterocycles. The Morgan fingerprint density at radius 3 is 2.95 bits per heavy atom. The Morgan fingerprint density at radius 1 is 1.50 bits per heavy atom. The molecule has 6 nitrogen and oxygen atoms in total. The van der Waals surface area contributed by atoms with Gasteiger partial charge >= 0.3 is 0 Å². The number of aromatic nitrogens is 2. The van der Waals surface area contributed by atoms with Crippen LogP contribution in [0.1, 0.15) is 10.6 Å². The Labute approximate surface area is 137 Å². The molecule has 8 heteroatoms. The number of ether oxygens (including phenoxy) is 1. The van der Waals surface area contributed by atoms with Gasteiger partial charge in [0.1, 0.15) is 23.5 Å². The minimum atomic E-state index is -0.890. The molecule has 0 spiro atoms. The summed E-state index contributed by atoms with van der Waals surface area (Å²) in [4.78, 5) is 15.7. The lowest BCUT2D eigenvalue weighted by atomic mass is 10.3. The van der Waals surface area contributed by atoms with Crippen LogP contribution in [0, 0.1) is 0 Å². The Hall–Kier alpha value is -1.76. The highest BCUT2D eigenvalue weighted by molar-refractivity contribution is 6.42. The van der Waals surface area contributed by atoms with Crippen LogP contribution in [0.4, 0.5) is 0 Å². The summed E-state index contributed by atoms with van der Waals surface area (Å²) in [6.07, 6.45) is 2.30. The Bertz CT molecular complexity index is 661. The number of rotatable bonds is 6. The van der Waals surface area contributed by atoms with Gasteiger partial charge in [0.15, 0.2) is 5.82 Å². The normalized spacial score (nSPS) is 12.0. The standard InChI is InChI=1S/C14H15Cl2N3O3/c1-19-6-5-17-13(19)14(21)18-7-9(20)8-22-11-4-2-3-10(15)12(11)16/h2-6,9,20H,7-8H2,1H3,(H,18,21)/t9-/m0/s1. The molecule has 1 aromatic heterocycles. The van der Waals surface area contributed by atoms with E-state index in [-0.39, 0.29) is 29.9 Å². The molecule has 0 fully saturated rings. The van der Waals surface area contributed by atoms with Crippen molar-refractivity contribution in [3.63, 3.8) is 0 Å². The molecule has 0 radical (unpaired) electrons.